The molecule has 124 valence electrons. The summed E-state index contributed by atoms with van der Waals surface area (Å²) in [4.78, 5) is 28.2. The second kappa shape index (κ2) is 7.64. The van der Waals surface area contributed by atoms with Gasteiger partial charge in [0.05, 0.1) is 6.42 Å². The normalized spacial score (nSPS) is 14.3. The Morgan fingerprint density at radius 3 is 1.96 bits per heavy atom. The van der Waals surface area contributed by atoms with Gasteiger partial charge in [-0.25, -0.2) is 4.79 Å². The van der Waals surface area contributed by atoms with Crippen LogP contribution in [0.1, 0.15) is 5.56 Å². The Balaban J connectivity index is 1.48. The summed E-state index contributed by atoms with van der Waals surface area (Å²) >= 11 is 0. The number of carbonyl (C=O) groups is 2. The van der Waals surface area contributed by atoms with Crippen LogP contribution in [-0.2, 0) is 11.2 Å². The highest BCUT2D eigenvalue weighted by molar-refractivity contribution is 5.89. The maximum atomic E-state index is 12.3. The number of para-hydroxylation sites is 1. The number of carbonyl (C=O) groups excluding carboxylic acids is 2. The quantitative estimate of drug-likeness (QED) is 0.944. The second-order valence-corrected chi connectivity index (χ2v) is 5.83. The maximum Gasteiger partial charge on any atom is 0.321 e. The maximum absolute atomic E-state index is 12.3. The van der Waals surface area contributed by atoms with Crippen LogP contribution in [0.15, 0.2) is 60.7 Å². The van der Waals surface area contributed by atoms with Gasteiger partial charge in [-0.1, -0.05) is 48.5 Å². The molecule has 3 rings (SSSR count). The summed E-state index contributed by atoms with van der Waals surface area (Å²) in [7, 11) is 0. The lowest BCUT2D eigenvalue weighted by molar-refractivity contribution is -0.131. The minimum absolute atomic E-state index is 0.114. The number of benzene rings is 2. The molecule has 5 heteroatoms. The predicted octanol–water partition coefficient (Wildman–Crippen LogP) is 2.61. The van der Waals surface area contributed by atoms with E-state index in [9.17, 15) is 9.59 Å². The number of urea groups is 1. The lowest BCUT2D eigenvalue weighted by atomic mass is 10.1. The molecular weight excluding hydrogens is 302 g/mol. The van der Waals surface area contributed by atoms with Crippen molar-refractivity contribution in [3.05, 3.63) is 66.2 Å². The van der Waals surface area contributed by atoms with Crippen molar-refractivity contribution in [2.24, 2.45) is 0 Å². The van der Waals surface area contributed by atoms with Crippen molar-refractivity contribution in [1.82, 2.24) is 9.80 Å². The molecule has 1 fully saturated rings. The minimum Gasteiger partial charge on any atom is -0.339 e. The Kier molecular flexibility index (Phi) is 5.11. The number of nitrogens with one attached hydrogen (secondary N) is 1. The van der Waals surface area contributed by atoms with E-state index < -0.39 is 0 Å². The molecular formula is C19H21N3O2. The molecule has 0 saturated carbocycles. The highest BCUT2D eigenvalue weighted by atomic mass is 16.2. The van der Waals surface area contributed by atoms with E-state index in [1.165, 1.54) is 0 Å². The van der Waals surface area contributed by atoms with Crippen LogP contribution in [0.3, 0.4) is 0 Å². The first kappa shape index (κ1) is 16.1. The Hall–Kier alpha value is -2.82. The third kappa shape index (κ3) is 4.13. The van der Waals surface area contributed by atoms with Gasteiger partial charge in [0.25, 0.3) is 0 Å². The lowest BCUT2D eigenvalue weighted by Crippen LogP contribution is -2.52. The third-order valence-corrected chi connectivity index (χ3v) is 4.14. The average Bonchev–Trinajstić information content (AvgIpc) is 2.63. The fourth-order valence-corrected chi connectivity index (χ4v) is 2.77. The molecule has 1 aliphatic heterocycles. The third-order valence-electron chi connectivity index (χ3n) is 4.14. The molecule has 2 aromatic rings. The van der Waals surface area contributed by atoms with E-state index in [-0.39, 0.29) is 11.9 Å². The van der Waals surface area contributed by atoms with Crippen molar-refractivity contribution >= 4 is 17.6 Å². The second-order valence-electron chi connectivity index (χ2n) is 5.83. The summed E-state index contributed by atoms with van der Waals surface area (Å²) in [6, 6.07) is 19.0. The largest absolute Gasteiger partial charge is 0.339 e. The van der Waals surface area contributed by atoms with Crippen LogP contribution in [0.5, 0.6) is 0 Å². The van der Waals surface area contributed by atoms with E-state index in [4.69, 9.17) is 0 Å². The van der Waals surface area contributed by atoms with Gasteiger partial charge in [0, 0.05) is 31.9 Å². The summed E-state index contributed by atoms with van der Waals surface area (Å²) in [5.41, 5.74) is 1.80. The van der Waals surface area contributed by atoms with Gasteiger partial charge in [-0.3, -0.25) is 4.79 Å². The summed E-state index contributed by atoms with van der Waals surface area (Å²) < 4.78 is 0. The van der Waals surface area contributed by atoms with Crippen molar-refractivity contribution in [3.8, 4) is 0 Å². The number of hydrogen-bond acceptors (Lipinski definition) is 2. The van der Waals surface area contributed by atoms with Crippen LogP contribution < -0.4 is 5.32 Å². The van der Waals surface area contributed by atoms with Crippen LogP contribution in [0, 0.1) is 0 Å². The Morgan fingerprint density at radius 1 is 0.792 bits per heavy atom. The molecule has 0 spiro atoms. The van der Waals surface area contributed by atoms with Gasteiger partial charge >= 0.3 is 6.03 Å². The summed E-state index contributed by atoms with van der Waals surface area (Å²) in [5.74, 6) is 0.115. The van der Waals surface area contributed by atoms with E-state index >= 15 is 0 Å². The molecule has 0 bridgehead atoms. The highest BCUT2D eigenvalue weighted by Gasteiger charge is 2.24. The van der Waals surface area contributed by atoms with Crippen LogP contribution in [0.4, 0.5) is 10.5 Å². The zero-order valence-corrected chi connectivity index (χ0v) is 13.5. The first-order valence-corrected chi connectivity index (χ1v) is 8.15. The van der Waals surface area contributed by atoms with E-state index in [0.29, 0.717) is 32.6 Å². The molecule has 0 aromatic heterocycles. The Labute approximate surface area is 141 Å². The minimum atomic E-state index is -0.114. The van der Waals surface area contributed by atoms with Gasteiger partial charge in [0.2, 0.25) is 5.91 Å². The molecule has 5 nitrogen and oxygen atoms in total. The van der Waals surface area contributed by atoms with Crippen molar-refractivity contribution in [1.29, 1.82) is 0 Å². The van der Waals surface area contributed by atoms with Crippen molar-refractivity contribution in [2.75, 3.05) is 31.5 Å². The Morgan fingerprint density at radius 2 is 1.33 bits per heavy atom. The molecule has 0 atom stereocenters. The number of piperazine rings is 1. The molecule has 1 saturated heterocycles. The first-order chi connectivity index (χ1) is 11.7. The predicted molar refractivity (Wildman–Crippen MR) is 93.8 cm³/mol. The van der Waals surface area contributed by atoms with Crippen LogP contribution >= 0.6 is 0 Å². The van der Waals surface area contributed by atoms with E-state index in [1.807, 2.05) is 65.6 Å². The highest BCUT2D eigenvalue weighted by Crippen LogP contribution is 2.10. The van der Waals surface area contributed by atoms with Crippen LogP contribution in [0.2, 0.25) is 0 Å². The number of rotatable bonds is 3. The molecule has 0 unspecified atom stereocenters. The van der Waals surface area contributed by atoms with Gasteiger partial charge in [0.1, 0.15) is 0 Å². The number of amides is 3. The van der Waals surface area contributed by atoms with Crippen molar-refractivity contribution < 1.29 is 9.59 Å². The van der Waals surface area contributed by atoms with Gasteiger partial charge in [-0.05, 0) is 17.7 Å². The lowest BCUT2D eigenvalue weighted by Gasteiger charge is -2.34. The SMILES string of the molecule is O=C(Cc1ccccc1)N1CCN(C(=O)Nc2ccccc2)CC1. The number of hydrogen-bond donors (Lipinski definition) is 1. The molecule has 1 heterocycles. The fourth-order valence-electron chi connectivity index (χ4n) is 2.77. The topological polar surface area (TPSA) is 52.7 Å². The Bertz CT molecular complexity index is 619. The van der Waals surface area contributed by atoms with Gasteiger partial charge in [-0.15, -0.1) is 0 Å². The van der Waals surface area contributed by atoms with Gasteiger partial charge < -0.3 is 15.1 Å². The standard InChI is InChI=1S/C19H21N3O2/c23-18(15-16-7-3-1-4-8-16)21-11-13-22(14-12-21)19(24)20-17-9-5-2-6-10-17/h1-10H,11-15H2,(H,20,24). The molecule has 0 radical (unpaired) electrons. The molecule has 1 aliphatic rings. The van der Waals surface area contributed by atoms with E-state index in [0.717, 1.165) is 11.3 Å². The van der Waals surface area contributed by atoms with Gasteiger partial charge in [0.15, 0.2) is 0 Å². The summed E-state index contributed by atoms with van der Waals surface area (Å²) in [5, 5.41) is 2.88. The fraction of sp³-hybridized carbons (Fsp3) is 0.263. The molecule has 0 aliphatic carbocycles. The van der Waals surface area contributed by atoms with Crippen molar-refractivity contribution in [3.63, 3.8) is 0 Å². The van der Waals surface area contributed by atoms with E-state index in [1.54, 1.807) is 4.90 Å². The zero-order chi connectivity index (χ0) is 16.8. The smallest absolute Gasteiger partial charge is 0.321 e. The number of anilines is 1. The van der Waals surface area contributed by atoms with Crippen molar-refractivity contribution in [2.45, 2.75) is 6.42 Å². The monoisotopic (exact) mass is 323 g/mol. The zero-order valence-electron chi connectivity index (χ0n) is 13.5. The summed E-state index contributed by atoms with van der Waals surface area (Å²) in [6.45, 7) is 2.26. The van der Waals surface area contributed by atoms with Crippen LogP contribution in [0.25, 0.3) is 0 Å². The van der Waals surface area contributed by atoms with Gasteiger partial charge in [-0.2, -0.15) is 0 Å². The molecule has 2 aromatic carbocycles. The molecule has 3 amide bonds. The summed E-state index contributed by atoms with van der Waals surface area (Å²) in [6.07, 6.45) is 0.414. The van der Waals surface area contributed by atoms with Crippen LogP contribution in [-0.4, -0.2) is 47.9 Å². The van der Waals surface area contributed by atoms with E-state index in [2.05, 4.69) is 5.32 Å². The molecule has 24 heavy (non-hydrogen) atoms. The number of nitrogens with zero attached hydrogens (tertiary/aromatic N) is 2. The molecule has 1 N–H and O–H groups in total. The first-order valence-electron chi connectivity index (χ1n) is 8.15. The average molecular weight is 323 g/mol.